The Labute approximate surface area is 129 Å². The molecule has 2 heterocycles. The summed E-state index contributed by atoms with van der Waals surface area (Å²) in [6.45, 7) is 1.08. The van der Waals surface area contributed by atoms with Gasteiger partial charge in [0.15, 0.2) is 11.5 Å². The van der Waals surface area contributed by atoms with Crippen molar-refractivity contribution in [2.75, 3.05) is 19.0 Å². The fourth-order valence-corrected chi connectivity index (χ4v) is 4.06. The fourth-order valence-electron chi connectivity index (χ4n) is 2.29. The third kappa shape index (κ3) is 2.75. The van der Waals surface area contributed by atoms with Crippen molar-refractivity contribution < 1.29 is 19.4 Å². The van der Waals surface area contributed by atoms with Crippen molar-refractivity contribution in [1.29, 1.82) is 0 Å². The summed E-state index contributed by atoms with van der Waals surface area (Å²) in [6.07, 6.45) is 0.641. The summed E-state index contributed by atoms with van der Waals surface area (Å²) in [7, 11) is 0. The number of rotatable bonds is 2. The number of carboxylic acid groups (broad SMARTS) is 1. The first-order valence-corrected chi connectivity index (χ1v) is 8.19. The topological polar surface area (TPSA) is 67.8 Å². The number of fused-ring (bicyclic) bond motifs is 1. The molecule has 1 aromatic carbocycles. The number of nitrogens with one attached hydrogen (secondary N) is 1. The SMILES string of the molecule is O=C(O)C1CCSC(c2cc(Br)c3c(c2)OCCO3)N1. The lowest BCUT2D eigenvalue weighted by Gasteiger charge is -2.29. The van der Waals surface area contributed by atoms with E-state index in [-0.39, 0.29) is 5.37 Å². The monoisotopic (exact) mass is 359 g/mol. The van der Waals surface area contributed by atoms with E-state index in [1.165, 1.54) is 0 Å². The van der Waals surface area contributed by atoms with Gasteiger partial charge in [0.1, 0.15) is 19.3 Å². The molecule has 108 valence electrons. The van der Waals surface area contributed by atoms with Crippen LogP contribution in [0.1, 0.15) is 17.4 Å². The lowest BCUT2D eigenvalue weighted by atomic mass is 10.1. The molecule has 2 aliphatic rings. The molecule has 2 N–H and O–H groups in total. The molecule has 0 saturated carbocycles. The Morgan fingerprint density at radius 3 is 3.00 bits per heavy atom. The average Bonchev–Trinajstić information content (AvgIpc) is 2.47. The van der Waals surface area contributed by atoms with Crippen LogP contribution in [0.5, 0.6) is 11.5 Å². The van der Waals surface area contributed by atoms with E-state index in [9.17, 15) is 4.79 Å². The number of carboxylic acids is 1. The van der Waals surface area contributed by atoms with E-state index >= 15 is 0 Å². The summed E-state index contributed by atoms with van der Waals surface area (Å²) >= 11 is 5.19. The Balaban J connectivity index is 1.86. The molecule has 0 bridgehead atoms. The summed E-state index contributed by atoms with van der Waals surface area (Å²) in [6, 6.07) is 3.39. The highest BCUT2D eigenvalue weighted by Crippen LogP contribution is 2.42. The molecule has 1 saturated heterocycles. The summed E-state index contributed by atoms with van der Waals surface area (Å²) in [5, 5.41) is 12.2. The molecule has 0 amide bonds. The van der Waals surface area contributed by atoms with Crippen LogP contribution in [0.15, 0.2) is 16.6 Å². The first kappa shape index (κ1) is 14.0. The number of ether oxygens (including phenoxy) is 2. The predicted octanol–water partition coefficient (Wildman–Crippen LogP) is 2.40. The second-order valence-electron chi connectivity index (χ2n) is 4.62. The normalized spacial score (nSPS) is 25.2. The lowest BCUT2D eigenvalue weighted by Crippen LogP contribution is -2.41. The first-order valence-electron chi connectivity index (χ1n) is 6.34. The molecule has 2 atom stereocenters. The van der Waals surface area contributed by atoms with Crippen LogP contribution >= 0.6 is 27.7 Å². The Morgan fingerprint density at radius 1 is 1.40 bits per heavy atom. The van der Waals surface area contributed by atoms with Crippen LogP contribution in [0.4, 0.5) is 0 Å². The number of hydrogen-bond donors (Lipinski definition) is 2. The van der Waals surface area contributed by atoms with Crippen LogP contribution in [-0.2, 0) is 4.79 Å². The Bertz CT molecular complexity index is 539. The molecule has 1 fully saturated rings. The van der Waals surface area contributed by atoms with Crippen molar-refractivity contribution in [3.05, 3.63) is 22.2 Å². The minimum atomic E-state index is -0.799. The lowest BCUT2D eigenvalue weighted by molar-refractivity contribution is -0.139. The maximum Gasteiger partial charge on any atom is 0.320 e. The summed E-state index contributed by atoms with van der Waals surface area (Å²) in [5.74, 6) is 1.45. The molecular formula is C13H14BrNO4S. The van der Waals surface area contributed by atoms with Crippen LogP contribution in [0, 0.1) is 0 Å². The molecule has 7 heteroatoms. The highest BCUT2D eigenvalue weighted by Gasteiger charge is 2.29. The van der Waals surface area contributed by atoms with Gasteiger partial charge in [-0.2, -0.15) is 0 Å². The third-order valence-corrected chi connectivity index (χ3v) is 5.07. The van der Waals surface area contributed by atoms with Crippen molar-refractivity contribution in [2.45, 2.75) is 17.8 Å². The van der Waals surface area contributed by atoms with Gasteiger partial charge in [0.25, 0.3) is 0 Å². The van der Waals surface area contributed by atoms with Crippen LogP contribution in [0.3, 0.4) is 0 Å². The van der Waals surface area contributed by atoms with Crippen molar-refractivity contribution in [3.63, 3.8) is 0 Å². The molecule has 0 radical (unpaired) electrons. The maximum atomic E-state index is 11.1. The zero-order valence-electron chi connectivity index (χ0n) is 10.6. The highest BCUT2D eigenvalue weighted by molar-refractivity contribution is 9.10. The Morgan fingerprint density at radius 2 is 2.20 bits per heavy atom. The van der Waals surface area contributed by atoms with E-state index in [1.54, 1.807) is 11.8 Å². The molecule has 1 aromatic rings. The Kier molecular flexibility index (Phi) is 4.09. The quantitative estimate of drug-likeness (QED) is 0.844. The molecule has 5 nitrogen and oxygen atoms in total. The van der Waals surface area contributed by atoms with E-state index in [0.29, 0.717) is 25.4 Å². The van der Waals surface area contributed by atoms with Gasteiger partial charge < -0.3 is 14.6 Å². The van der Waals surface area contributed by atoms with Crippen LogP contribution in [0.25, 0.3) is 0 Å². The molecule has 0 spiro atoms. The highest BCUT2D eigenvalue weighted by atomic mass is 79.9. The van der Waals surface area contributed by atoms with E-state index in [0.717, 1.165) is 21.5 Å². The van der Waals surface area contributed by atoms with Gasteiger partial charge >= 0.3 is 5.97 Å². The number of benzene rings is 1. The van der Waals surface area contributed by atoms with E-state index in [2.05, 4.69) is 21.2 Å². The van der Waals surface area contributed by atoms with E-state index in [1.807, 2.05) is 12.1 Å². The summed E-state index contributed by atoms with van der Waals surface area (Å²) in [4.78, 5) is 11.1. The molecule has 0 aromatic heterocycles. The second-order valence-corrected chi connectivity index (χ2v) is 6.69. The van der Waals surface area contributed by atoms with Crippen LogP contribution in [0.2, 0.25) is 0 Å². The molecule has 2 aliphatic heterocycles. The van der Waals surface area contributed by atoms with Gasteiger partial charge in [-0.15, -0.1) is 11.8 Å². The minimum absolute atomic E-state index is 0.0445. The van der Waals surface area contributed by atoms with Crippen molar-refractivity contribution in [3.8, 4) is 11.5 Å². The van der Waals surface area contributed by atoms with Gasteiger partial charge in [-0.1, -0.05) is 0 Å². The fraction of sp³-hybridized carbons (Fsp3) is 0.462. The zero-order valence-corrected chi connectivity index (χ0v) is 13.0. The number of aliphatic carboxylic acids is 1. The van der Waals surface area contributed by atoms with Crippen molar-refractivity contribution >= 4 is 33.7 Å². The molecule has 2 unspecified atom stereocenters. The number of halogens is 1. The largest absolute Gasteiger partial charge is 0.486 e. The van der Waals surface area contributed by atoms with Gasteiger partial charge in [-0.25, -0.2) is 0 Å². The maximum absolute atomic E-state index is 11.1. The second kappa shape index (κ2) is 5.83. The Hall–Kier alpha value is -0.920. The van der Waals surface area contributed by atoms with E-state index in [4.69, 9.17) is 14.6 Å². The standard InChI is InChI=1S/C13H14BrNO4S/c14-8-5-7(6-10-11(8)19-3-2-18-10)12-15-9(13(16)17)1-4-20-12/h5-6,9,12,15H,1-4H2,(H,16,17). The number of thioether (sulfide) groups is 1. The third-order valence-electron chi connectivity index (χ3n) is 3.26. The molecule has 3 rings (SSSR count). The first-order chi connectivity index (χ1) is 9.65. The summed E-state index contributed by atoms with van der Waals surface area (Å²) < 4.78 is 12.0. The number of hydrogen-bond acceptors (Lipinski definition) is 5. The number of carbonyl (C=O) groups is 1. The van der Waals surface area contributed by atoms with Crippen molar-refractivity contribution in [1.82, 2.24) is 5.32 Å². The van der Waals surface area contributed by atoms with Crippen molar-refractivity contribution in [2.24, 2.45) is 0 Å². The van der Waals surface area contributed by atoms with Gasteiger partial charge in [-0.05, 0) is 45.8 Å². The van der Waals surface area contributed by atoms with Gasteiger partial charge in [0, 0.05) is 0 Å². The zero-order chi connectivity index (χ0) is 14.1. The smallest absolute Gasteiger partial charge is 0.320 e. The molecule has 20 heavy (non-hydrogen) atoms. The van der Waals surface area contributed by atoms with Crippen LogP contribution in [-0.4, -0.2) is 36.1 Å². The predicted molar refractivity (Wildman–Crippen MR) is 79.5 cm³/mol. The van der Waals surface area contributed by atoms with Gasteiger partial charge in [-0.3, -0.25) is 10.1 Å². The van der Waals surface area contributed by atoms with Gasteiger partial charge in [0.2, 0.25) is 0 Å². The minimum Gasteiger partial charge on any atom is -0.486 e. The van der Waals surface area contributed by atoms with Crippen LogP contribution < -0.4 is 14.8 Å². The molecular weight excluding hydrogens is 346 g/mol. The van der Waals surface area contributed by atoms with Gasteiger partial charge in [0.05, 0.1) is 9.85 Å². The molecule has 0 aliphatic carbocycles. The summed E-state index contributed by atoms with van der Waals surface area (Å²) in [5.41, 5.74) is 0.997. The van der Waals surface area contributed by atoms with E-state index < -0.39 is 12.0 Å². The average molecular weight is 360 g/mol.